The molecule has 1 aromatic rings. The summed E-state index contributed by atoms with van der Waals surface area (Å²) >= 11 is 0. The highest BCUT2D eigenvalue weighted by atomic mass is 32.2. The highest BCUT2D eigenvalue weighted by Crippen LogP contribution is 2.25. The second kappa shape index (κ2) is 7.24. The summed E-state index contributed by atoms with van der Waals surface area (Å²) in [6.07, 6.45) is 2.95. The van der Waals surface area contributed by atoms with Crippen LogP contribution in [0.15, 0.2) is 30.3 Å². The number of likely N-dealkylation sites (N-methyl/N-ethyl adjacent to an activating group) is 1. The molecule has 0 radical (unpaired) electrons. The van der Waals surface area contributed by atoms with Gasteiger partial charge in [-0.25, -0.2) is 0 Å². The molecule has 118 valence electrons. The molecule has 0 bridgehead atoms. The number of hydrogen-bond acceptors (Lipinski definition) is 3. The topological polar surface area (TPSA) is 52.7 Å². The fraction of sp³-hybridized carbons (Fsp3) is 0.600. The minimum Gasteiger partial charge on any atom is -0.315 e. The lowest BCUT2D eigenvalue weighted by Gasteiger charge is -2.37. The van der Waals surface area contributed by atoms with Gasteiger partial charge in [-0.2, -0.15) is 12.7 Å². The van der Waals surface area contributed by atoms with Gasteiger partial charge in [-0.3, -0.25) is 4.31 Å². The van der Waals surface area contributed by atoms with Crippen molar-refractivity contribution in [3.8, 4) is 0 Å². The molecule has 1 saturated heterocycles. The molecular formula is C15H25N3O2S. The van der Waals surface area contributed by atoms with Crippen LogP contribution in [0.25, 0.3) is 0 Å². The van der Waals surface area contributed by atoms with Crippen LogP contribution < -0.4 is 9.62 Å². The van der Waals surface area contributed by atoms with Crippen LogP contribution in [0.4, 0.5) is 5.69 Å². The van der Waals surface area contributed by atoms with E-state index in [0.29, 0.717) is 12.2 Å². The maximum atomic E-state index is 12.9. The van der Waals surface area contributed by atoms with Crippen molar-refractivity contribution in [2.24, 2.45) is 0 Å². The van der Waals surface area contributed by atoms with Gasteiger partial charge in [0.2, 0.25) is 0 Å². The molecule has 1 atom stereocenters. The molecular weight excluding hydrogens is 286 g/mol. The maximum absolute atomic E-state index is 12.9. The number of nitrogens with zero attached hydrogens (tertiary/aromatic N) is 2. The van der Waals surface area contributed by atoms with E-state index in [0.717, 1.165) is 32.4 Å². The monoisotopic (exact) mass is 311 g/mol. The Morgan fingerprint density at radius 1 is 1.29 bits per heavy atom. The van der Waals surface area contributed by atoms with Crippen LogP contribution in [0.5, 0.6) is 0 Å². The minimum atomic E-state index is -3.47. The van der Waals surface area contributed by atoms with E-state index in [1.807, 2.05) is 37.3 Å². The molecule has 0 aromatic heterocycles. The average molecular weight is 311 g/mol. The number of nitrogens with one attached hydrogen (secondary N) is 1. The summed E-state index contributed by atoms with van der Waals surface area (Å²) in [5.41, 5.74) is 0.699. The third-order valence-electron chi connectivity index (χ3n) is 3.97. The molecule has 1 aliphatic heterocycles. The first-order valence-corrected chi connectivity index (χ1v) is 8.98. The molecule has 1 heterocycles. The van der Waals surface area contributed by atoms with Crippen LogP contribution in [0.2, 0.25) is 0 Å². The summed E-state index contributed by atoms with van der Waals surface area (Å²) < 4.78 is 28.8. The average Bonchev–Trinajstić information content (AvgIpc) is 2.53. The Morgan fingerprint density at radius 2 is 2.00 bits per heavy atom. The van der Waals surface area contributed by atoms with Gasteiger partial charge in [0.1, 0.15) is 0 Å². The fourth-order valence-corrected chi connectivity index (χ4v) is 4.34. The second-order valence-corrected chi connectivity index (χ2v) is 7.29. The first-order valence-electron chi connectivity index (χ1n) is 7.59. The highest BCUT2D eigenvalue weighted by Gasteiger charge is 2.34. The molecule has 0 aliphatic carbocycles. The van der Waals surface area contributed by atoms with E-state index in [1.54, 1.807) is 11.4 Å². The third kappa shape index (κ3) is 3.75. The van der Waals surface area contributed by atoms with Gasteiger partial charge in [0.15, 0.2) is 0 Å². The van der Waals surface area contributed by atoms with Gasteiger partial charge in [-0.15, -0.1) is 0 Å². The number of para-hydroxylation sites is 1. The predicted molar refractivity (Wildman–Crippen MR) is 86.7 cm³/mol. The molecule has 2 rings (SSSR count). The lowest BCUT2D eigenvalue weighted by atomic mass is 10.1. The van der Waals surface area contributed by atoms with Gasteiger partial charge in [-0.1, -0.05) is 31.5 Å². The van der Waals surface area contributed by atoms with Gasteiger partial charge in [0.05, 0.1) is 5.69 Å². The minimum absolute atomic E-state index is 0.0508. The molecule has 1 N–H and O–H groups in total. The van der Waals surface area contributed by atoms with Crippen molar-refractivity contribution in [3.63, 3.8) is 0 Å². The Labute approximate surface area is 128 Å². The van der Waals surface area contributed by atoms with Crippen LogP contribution in [0.1, 0.15) is 26.2 Å². The number of hydrogen-bond donors (Lipinski definition) is 1. The molecule has 1 aliphatic rings. The van der Waals surface area contributed by atoms with Crippen molar-refractivity contribution in [1.29, 1.82) is 0 Å². The summed E-state index contributed by atoms with van der Waals surface area (Å²) in [6.45, 7) is 4.23. The zero-order valence-corrected chi connectivity index (χ0v) is 13.6. The van der Waals surface area contributed by atoms with Crippen LogP contribution >= 0.6 is 0 Å². The lowest BCUT2D eigenvalue weighted by Crippen LogP contribution is -2.52. The quantitative estimate of drug-likeness (QED) is 0.872. The summed E-state index contributed by atoms with van der Waals surface area (Å²) in [7, 11) is -1.84. The molecule has 6 heteroatoms. The zero-order valence-electron chi connectivity index (χ0n) is 12.8. The first-order chi connectivity index (χ1) is 10.1. The third-order valence-corrected chi connectivity index (χ3v) is 5.94. The van der Waals surface area contributed by atoms with Gasteiger partial charge in [-0.05, 0) is 31.5 Å². The maximum Gasteiger partial charge on any atom is 0.304 e. The summed E-state index contributed by atoms with van der Waals surface area (Å²) in [5, 5.41) is 3.27. The molecule has 1 fully saturated rings. The van der Waals surface area contributed by atoms with E-state index < -0.39 is 10.2 Å². The van der Waals surface area contributed by atoms with Crippen molar-refractivity contribution in [3.05, 3.63) is 30.3 Å². The number of piperidine rings is 1. The Balaban J connectivity index is 2.19. The molecule has 1 aromatic carbocycles. The Morgan fingerprint density at radius 3 is 2.67 bits per heavy atom. The molecule has 21 heavy (non-hydrogen) atoms. The van der Waals surface area contributed by atoms with Gasteiger partial charge >= 0.3 is 10.2 Å². The number of anilines is 1. The lowest BCUT2D eigenvalue weighted by molar-refractivity contribution is 0.246. The number of rotatable bonds is 6. The van der Waals surface area contributed by atoms with Crippen molar-refractivity contribution in [1.82, 2.24) is 9.62 Å². The predicted octanol–water partition coefficient (Wildman–Crippen LogP) is 1.83. The van der Waals surface area contributed by atoms with E-state index in [9.17, 15) is 8.42 Å². The summed E-state index contributed by atoms with van der Waals surface area (Å²) in [4.78, 5) is 0. The Hall–Kier alpha value is -1.11. The van der Waals surface area contributed by atoms with Crippen LogP contribution in [0, 0.1) is 0 Å². The highest BCUT2D eigenvalue weighted by molar-refractivity contribution is 7.90. The molecule has 0 amide bonds. The molecule has 0 saturated carbocycles. The normalized spacial score (nSPS) is 20.4. The van der Waals surface area contributed by atoms with Crippen molar-refractivity contribution in [2.75, 3.05) is 31.0 Å². The first kappa shape index (κ1) is 16.3. The van der Waals surface area contributed by atoms with E-state index >= 15 is 0 Å². The Bertz CT molecular complexity index is 533. The van der Waals surface area contributed by atoms with Crippen LogP contribution in [0.3, 0.4) is 0 Å². The van der Waals surface area contributed by atoms with Crippen molar-refractivity contribution >= 4 is 15.9 Å². The van der Waals surface area contributed by atoms with Crippen molar-refractivity contribution in [2.45, 2.75) is 32.2 Å². The molecule has 0 spiro atoms. The zero-order chi connectivity index (χ0) is 15.3. The van der Waals surface area contributed by atoms with Gasteiger partial charge in [0.25, 0.3) is 0 Å². The standard InChI is InChI=1S/C15H25N3O2S/c1-3-16-13-15-11-7-8-12-18(15)21(19,20)17(2)14-9-5-4-6-10-14/h4-6,9-10,15-16H,3,7-8,11-13H2,1-2H3. The van der Waals surface area contributed by atoms with Crippen LogP contribution in [-0.2, 0) is 10.2 Å². The van der Waals surface area contributed by atoms with Gasteiger partial charge < -0.3 is 5.32 Å². The van der Waals surface area contributed by atoms with E-state index in [4.69, 9.17) is 0 Å². The van der Waals surface area contributed by atoms with Gasteiger partial charge in [0, 0.05) is 26.2 Å². The number of benzene rings is 1. The fourth-order valence-electron chi connectivity index (χ4n) is 2.72. The summed E-state index contributed by atoms with van der Waals surface area (Å²) in [5.74, 6) is 0. The van der Waals surface area contributed by atoms with Crippen molar-refractivity contribution < 1.29 is 8.42 Å². The van der Waals surface area contributed by atoms with E-state index in [1.165, 1.54) is 4.31 Å². The summed E-state index contributed by atoms with van der Waals surface area (Å²) in [6, 6.07) is 9.29. The SMILES string of the molecule is CCNCC1CCCCN1S(=O)(=O)N(C)c1ccccc1. The molecule has 5 nitrogen and oxygen atoms in total. The van der Waals surface area contributed by atoms with E-state index in [2.05, 4.69) is 5.32 Å². The second-order valence-electron chi connectivity index (χ2n) is 5.38. The smallest absolute Gasteiger partial charge is 0.304 e. The van der Waals surface area contributed by atoms with Crippen LogP contribution in [-0.4, -0.2) is 45.4 Å². The van der Waals surface area contributed by atoms with E-state index in [-0.39, 0.29) is 6.04 Å². The molecule has 1 unspecified atom stereocenters. The Kier molecular flexibility index (Phi) is 5.61. The largest absolute Gasteiger partial charge is 0.315 e.